The summed E-state index contributed by atoms with van der Waals surface area (Å²) in [5.41, 5.74) is -0.143. The first-order chi connectivity index (χ1) is 11.4. The van der Waals surface area contributed by atoms with E-state index in [1.54, 1.807) is 0 Å². The summed E-state index contributed by atoms with van der Waals surface area (Å²) in [6, 6.07) is 3.84. The molecule has 3 unspecified atom stereocenters. The molecule has 1 N–H and O–H groups in total. The van der Waals surface area contributed by atoms with Crippen LogP contribution in [0, 0.1) is 22.0 Å². The normalized spacial score (nSPS) is 23.3. The van der Waals surface area contributed by atoms with Gasteiger partial charge in [0.05, 0.1) is 10.5 Å². The van der Waals surface area contributed by atoms with E-state index in [-0.39, 0.29) is 35.6 Å². The van der Waals surface area contributed by atoms with Gasteiger partial charge in [0, 0.05) is 18.2 Å². The van der Waals surface area contributed by atoms with Crippen LogP contribution in [0.25, 0.3) is 0 Å². The van der Waals surface area contributed by atoms with Gasteiger partial charge in [-0.05, 0) is 24.3 Å². The Bertz CT molecular complexity index is 631. The van der Waals surface area contributed by atoms with Crippen molar-refractivity contribution in [3.05, 3.63) is 33.9 Å². The zero-order valence-corrected chi connectivity index (χ0v) is 13.9. The molecule has 7 heteroatoms. The van der Waals surface area contributed by atoms with Gasteiger partial charge < -0.3 is 10.1 Å². The Morgan fingerprint density at radius 1 is 1.42 bits per heavy atom. The third-order valence-electron chi connectivity index (χ3n) is 4.74. The van der Waals surface area contributed by atoms with Gasteiger partial charge in [0.1, 0.15) is 5.75 Å². The average Bonchev–Trinajstić information content (AvgIpc) is 2.56. The molecule has 3 atom stereocenters. The summed E-state index contributed by atoms with van der Waals surface area (Å²) >= 11 is 0. The third kappa shape index (κ3) is 4.31. The third-order valence-corrected chi connectivity index (χ3v) is 4.74. The molecule has 0 bridgehead atoms. The smallest absolute Gasteiger partial charge is 0.270 e. The fourth-order valence-electron chi connectivity index (χ4n) is 3.05. The maximum atomic E-state index is 12.1. The van der Waals surface area contributed by atoms with Crippen molar-refractivity contribution in [1.82, 2.24) is 5.32 Å². The number of carbonyl (C=O) groups is 2. The number of ether oxygens (including phenoxy) is 1. The van der Waals surface area contributed by atoms with Gasteiger partial charge in [-0.2, -0.15) is 0 Å². The molecule has 7 nitrogen and oxygen atoms in total. The van der Waals surface area contributed by atoms with E-state index in [0.717, 1.165) is 18.9 Å². The first kappa shape index (κ1) is 17.9. The largest absolute Gasteiger partial charge is 0.483 e. The minimum atomic E-state index is -0.588. The molecule has 0 aromatic heterocycles. The SMILES string of the molecule is CC1CCCC(NC(=O)COc2ccc([N+](=O)[O-])cc2C=O)C1C. The van der Waals surface area contributed by atoms with Gasteiger partial charge in [0.25, 0.3) is 11.6 Å². The maximum absolute atomic E-state index is 12.1. The summed E-state index contributed by atoms with van der Waals surface area (Å²) < 4.78 is 5.36. The van der Waals surface area contributed by atoms with Gasteiger partial charge in [-0.15, -0.1) is 0 Å². The summed E-state index contributed by atoms with van der Waals surface area (Å²) in [7, 11) is 0. The maximum Gasteiger partial charge on any atom is 0.270 e. The molecule has 0 spiro atoms. The minimum absolute atomic E-state index is 0.0525. The molecule has 1 fully saturated rings. The van der Waals surface area contributed by atoms with E-state index in [1.165, 1.54) is 18.6 Å². The molecule has 1 amide bonds. The molecule has 1 saturated carbocycles. The first-order valence-corrected chi connectivity index (χ1v) is 8.08. The number of nitrogens with zero attached hydrogens (tertiary/aromatic N) is 1. The van der Waals surface area contributed by atoms with Crippen molar-refractivity contribution in [2.45, 2.75) is 39.2 Å². The van der Waals surface area contributed by atoms with Crippen molar-refractivity contribution in [2.75, 3.05) is 6.61 Å². The number of rotatable bonds is 6. The van der Waals surface area contributed by atoms with E-state index in [1.807, 2.05) is 0 Å². The topological polar surface area (TPSA) is 98.5 Å². The molecule has 0 heterocycles. The standard InChI is InChI=1S/C17H22N2O5/c1-11-4-3-5-15(12(11)2)18-17(21)10-24-16-7-6-14(19(22)23)8-13(16)9-20/h6-9,11-12,15H,3-5,10H2,1-2H3,(H,18,21). The number of amides is 1. The molecule has 130 valence electrons. The lowest BCUT2D eigenvalue weighted by molar-refractivity contribution is -0.384. The lowest BCUT2D eigenvalue weighted by Gasteiger charge is -2.34. The van der Waals surface area contributed by atoms with E-state index in [4.69, 9.17) is 4.74 Å². The Morgan fingerprint density at radius 3 is 2.83 bits per heavy atom. The second-order valence-corrected chi connectivity index (χ2v) is 6.33. The van der Waals surface area contributed by atoms with E-state index < -0.39 is 4.92 Å². The predicted molar refractivity (Wildman–Crippen MR) is 88.1 cm³/mol. The van der Waals surface area contributed by atoms with Crippen LogP contribution < -0.4 is 10.1 Å². The van der Waals surface area contributed by atoms with Crippen molar-refractivity contribution in [3.63, 3.8) is 0 Å². The van der Waals surface area contributed by atoms with Crippen LogP contribution in [0.4, 0.5) is 5.69 Å². The zero-order chi connectivity index (χ0) is 17.7. The summed E-state index contributed by atoms with van der Waals surface area (Å²) in [5, 5.41) is 13.7. The number of nitro benzene ring substituents is 1. The van der Waals surface area contributed by atoms with Crippen LogP contribution in [0.1, 0.15) is 43.5 Å². The fourth-order valence-corrected chi connectivity index (χ4v) is 3.05. The summed E-state index contributed by atoms with van der Waals surface area (Å²) in [5.74, 6) is 0.890. The van der Waals surface area contributed by atoms with Crippen molar-refractivity contribution in [2.24, 2.45) is 11.8 Å². The lowest BCUT2D eigenvalue weighted by atomic mass is 9.78. The summed E-state index contributed by atoms with van der Waals surface area (Å²) in [6.45, 7) is 4.10. The van der Waals surface area contributed by atoms with E-state index in [0.29, 0.717) is 18.1 Å². The molecular weight excluding hydrogens is 312 g/mol. The molecule has 0 saturated heterocycles. The van der Waals surface area contributed by atoms with Crippen molar-refractivity contribution in [3.8, 4) is 5.75 Å². The van der Waals surface area contributed by atoms with Crippen LogP contribution in [-0.4, -0.2) is 29.8 Å². The number of aldehydes is 1. The number of hydrogen-bond acceptors (Lipinski definition) is 5. The molecule has 1 aliphatic carbocycles. The van der Waals surface area contributed by atoms with Crippen LogP contribution in [0.5, 0.6) is 5.75 Å². The highest BCUT2D eigenvalue weighted by Crippen LogP contribution is 2.29. The molecule has 24 heavy (non-hydrogen) atoms. The summed E-state index contributed by atoms with van der Waals surface area (Å²) in [6.07, 6.45) is 3.70. The number of nitrogens with one attached hydrogen (secondary N) is 1. The molecule has 1 aromatic rings. The Morgan fingerprint density at radius 2 is 2.17 bits per heavy atom. The van der Waals surface area contributed by atoms with E-state index in [2.05, 4.69) is 19.2 Å². The minimum Gasteiger partial charge on any atom is -0.483 e. The van der Waals surface area contributed by atoms with Gasteiger partial charge in [-0.25, -0.2) is 0 Å². The second kappa shape index (κ2) is 7.90. The van der Waals surface area contributed by atoms with Crippen molar-refractivity contribution in [1.29, 1.82) is 0 Å². The highest BCUT2D eigenvalue weighted by molar-refractivity contribution is 5.82. The summed E-state index contributed by atoms with van der Waals surface area (Å²) in [4.78, 5) is 33.2. The molecule has 0 radical (unpaired) electrons. The quantitative estimate of drug-likeness (QED) is 0.490. The molecule has 1 aliphatic rings. The number of non-ortho nitro benzene ring substituents is 1. The number of benzene rings is 1. The van der Waals surface area contributed by atoms with Gasteiger partial charge >= 0.3 is 0 Å². The molecule has 2 rings (SSSR count). The van der Waals surface area contributed by atoms with Gasteiger partial charge in [-0.1, -0.05) is 26.7 Å². The number of nitro groups is 1. The van der Waals surface area contributed by atoms with Gasteiger partial charge in [0.15, 0.2) is 12.9 Å². The van der Waals surface area contributed by atoms with Crippen LogP contribution >= 0.6 is 0 Å². The number of carbonyl (C=O) groups excluding carboxylic acids is 2. The highest BCUT2D eigenvalue weighted by Gasteiger charge is 2.28. The lowest BCUT2D eigenvalue weighted by Crippen LogP contribution is -2.45. The molecular formula is C17H22N2O5. The zero-order valence-electron chi connectivity index (χ0n) is 13.9. The van der Waals surface area contributed by atoms with Crippen LogP contribution in [0.3, 0.4) is 0 Å². The van der Waals surface area contributed by atoms with Crippen molar-refractivity contribution < 1.29 is 19.2 Å². The first-order valence-electron chi connectivity index (χ1n) is 8.08. The van der Waals surface area contributed by atoms with Crippen LogP contribution in [0.15, 0.2) is 18.2 Å². The van der Waals surface area contributed by atoms with Crippen LogP contribution in [-0.2, 0) is 4.79 Å². The van der Waals surface area contributed by atoms with Gasteiger partial charge in [-0.3, -0.25) is 19.7 Å². The Labute approximate surface area is 140 Å². The van der Waals surface area contributed by atoms with Crippen molar-refractivity contribution >= 4 is 17.9 Å². The Hall–Kier alpha value is -2.44. The fraction of sp³-hybridized carbons (Fsp3) is 0.529. The molecule has 0 aliphatic heterocycles. The van der Waals surface area contributed by atoms with E-state index in [9.17, 15) is 19.7 Å². The van der Waals surface area contributed by atoms with E-state index >= 15 is 0 Å². The predicted octanol–water partition coefficient (Wildman–Crippen LogP) is 2.73. The van der Waals surface area contributed by atoms with Crippen LogP contribution in [0.2, 0.25) is 0 Å². The Balaban J connectivity index is 1.94. The molecule has 1 aromatic carbocycles. The van der Waals surface area contributed by atoms with Gasteiger partial charge in [0.2, 0.25) is 0 Å². The average molecular weight is 334 g/mol. The highest BCUT2D eigenvalue weighted by atomic mass is 16.6. The second-order valence-electron chi connectivity index (χ2n) is 6.33. The number of hydrogen-bond donors (Lipinski definition) is 1. The monoisotopic (exact) mass is 334 g/mol. The Kier molecular flexibility index (Phi) is 5.89.